The first-order valence-corrected chi connectivity index (χ1v) is 5.54. The molecule has 0 unspecified atom stereocenters. The van der Waals surface area contributed by atoms with E-state index in [1.807, 2.05) is 26.2 Å². The van der Waals surface area contributed by atoms with E-state index in [0.717, 1.165) is 11.8 Å². The fourth-order valence-electron chi connectivity index (χ4n) is 1.78. The van der Waals surface area contributed by atoms with Crippen LogP contribution in [0.4, 0.5) is 5.69 Å². The summed E-state index contributed by atoms with van der Waals surface area (Å²) in [5.74, 6) is 0. The van der Waals surface area contributed by atoms with Gasteiger partial charge in [-0.15, -0.1) is 0 Å². The molecular weight excluding hydrogens is 210 g/mol. The molecular formula is C15H15NO. The van der Waals surface area contributed by atoms with E-state index in [-0.39, 0.29) is 0 Å². The quantitative estimate of drug-likeness (QED) is 0.591. The van der Waals surface area contributed by atoms with Gasteiger partial charge in [0.05, 0.1) is 0 Å². The number of hydrogen-bond donors (Lipinski definition) is 0. The van der Waals surface area contributed by atoms with E-state index in [0.29, 0.717) is 0 Å². The monoisotopic (exact) mass is 225 g/mol. The Balaban J connectivity index is 2.50. The van der Waals surface area contributed by atoms with Crippen LogP contribution in [0.15, 0.2) is 42.5 Å². The lowest BCUT2D eigenvalue weighted by atomic mass is 10.1. The summed E-state index contributed by atoms with van der Waals surface area (Å²) in [6.45, 7) is 0. The highest BCUT2D eigenvalue weighted by molar-refractivity contribution is 5.88. The Hall–Kier alpha value is -2.09. The van der Waals surface area contributed by atoms with Gasteiger partial charge in [-0.1, -0.05) is 24.3 Å². The van der Waals surface area contributed by atoms with E-state index in [4.69, 9.17) is 0 Å². The Morgan fingerprint density at radius 3 is 2.47 bits per heavy atom. The third-order valence-electron chi connectivity index (χ3n) is 2.73. The molecule has 0 spiro atoms. The molecule has 0 saturated carbocycles. The van der Waals surface area contributed by atoms with Gasteiger partial charge < -0.3 is 4.90 Å². The Labute approximate surface area is 101 Å². The molecule has 0 N–H and O–H groups in total. The molecule has 0 bridgehead atoms. The van der Waals surface area contributed by atoms with Crippen molar-refractivity contribution in [2.75, 3.05) is 19.0 Å². The highest BCUT2D eigenvalue weighted by Crippen LogP contribution is 2.22. The summed E-state index contributed by atoms with van der Waals surface area (Å²) < 4.78 is 0. The number of carbonyl (C=O) groups excluding carboxylic acids is 1. The van der Waals surface area contributed by atoms with Gasteiger partial charge >= 0.3 is 0 Å². The molecule has 0 atom stereocenters. The van der Waals surface area contributed by atoms with Crippen molar-refractivity contribution < 1.29 is 4.79 Å². The van der Waals surface area contributed by atoms with Crippen LogP contribution in [0.5, 0.6) is 0 Å². The molecule has 2 aromatic carbocycles. The summed E-state index contributed by atoms with van der Waals surface area (Å²) in [5, 5.41) is 2.39. The van der Waals surface area contributed by atoms with Crippen molar-refractivity contribution >= 4 is 28.8 Å². The van der Waals surface area contributed by atoms with E-state index in [2.05, 4.69) is 35.2 Å². The second-order valence-corrected chi connectivity index (χ2v) is 4.18. The lowest BCUT2D eigenvalue weighted by molar-refractivity contribution is -0.104. The van der Waals surface area contributed by atoms with Crippen LogP contribution >= 0.6 is 0 Å². The van der Waals surface area contributed by atoms with Crippen molar-refractivity contribution in [3.8, 4) is 0 Å². The van der Waals surface area contributed by atoms with E-state index < -0.39 is 0 Å². The molecule has 2 nitrogen and oxygen atoms in total. The third kappa shape index (κ3) is 2.53. The van der Waals surface area contributed by atoms with Gasteiger partial charge in [0, 0.05) is 19.8 Å². The maximum atomic E-state index is 10.3. The van der Waals surface area contributed by atoms with E-state index in [9.17, 15) is 4.79 Å². The van der Waals surface area contributed by atoms with Gasteiger partial charge in [0.25, 0.3) is 0 Å². The van der Waals surface area contributed by atoms with Crippen LogP contribution in [0.3, 0.4) is 0 Å². The summed E-state index contributed by atoms with van der Waals surface area (Å²) in [5.41, 5.74) is 2.22. The average molecular weight is 225 g/mol. The minimum atomic E-state index is 0.792. The summed E-state index contributed by atoms with van der Waals surface area (Å²) in [6.07, 6.45) is 4.12. The molecule has 0 aliphatic heterocycles. The van der Waals surface area contributed by atoms with Gasteiger partial charge in [0.1, 0.15) is 6.29 Å². The average Bonchev–Trinajstić information content (AvgIpc) is 2.35. The van der Waals surface area contributed by atoms with Gasteiger partial charge in [0.15, 0.2) is 0 Å². The SMILES string of the molecule is CN(C)c1ccc2ccc(/C=C/C=O)cc2c1. The molecule has 0 saturated heterocycles. The van der Waals surface area contributed by atoms with Gasteiger partial charge in [-0.2, -0.15) is 0 Å². The number of hydrogen-bond acceptors (Lipinski definition) is 2. The topological polar surface area (TPSA) is 20.3 Å². The molecule has 0 heterocycles. The molecule has 17 heavy (non-hydrogen) atoms. The standard InChI is InChI=1S/C15H15NO/c1-16(2)15-8-7-13-6-5-12(4-3-9-17)10-14(13)11-15/h3-11H,1-2H3/b4-3+. The molecule has 0 amide bonds. The maximum Gasteiger partial charge on any atom is 0.142 e. The fourth-order valence-corrected chi connectivity index (χ4v) is 1.78. The van der Waals surface area contributed by atoms with Crippen LogP contribution in [0.25, 0.3) is 16.8 Å². The smallest absolute Gasteiger partial charge is 0.142 e. The van der Waals surface area contributed by atoms with Crippen LogP contribution in [0.1, 0.15) is 5.56 Å². The molecule has 0 aromatic heterocycles. The number of benzene rings is 2. The highest BCUT2D eigenvalue weighted by atomic mass is 16.1. The van der Waals surface area contributed by atoms with E-state index >= 15 is 0 Å². The van der Waals surface area contributed by atoms with Crippen molar-refractivity contribution in [2.45, 2.75) is 0 Å². The van der Waals surface area contributed by atoms with Crippen LogP contribution in [-0.2, 0) is 4.79 Å². The Bertz CT molecular complexity index is 570. The number of carbonyl (C=O) groups is 1. The molecule has 0 aliphatic rings. The van der Waals surface area contributed by atoms with Gasteiger partial charge in [-0.3, -0.25) is 4.79 Å². The Morgan fingerprint density at radius 1 is 1.00 bits per heavy atom. The van der Waals surface area contributed by atoms with Crippen molar-refractivity contribution in [1.29, 1.82) is 0 Å². The molecule has 0 aliphatic carbocycles. The number of rotatable bonds is 3. The van der Waals surface area contributed by atoms with Crippen molar-refractivity contribution in [1.82, 2.24) is 0 Å². The molecule has 2 aromatic rings. The Kier molecular flexibility index (Phi) is 3.24. The summed E-state index contributed by atoms with van der Waals surface area (Å²) in [6, 6.07) is 12.5. The first-order chi connectivity index (χ1) is 8.20. The largest absolute Gasteiger partial charge is 0.378 e. The highest BCUT2D eigenvalue weighted by Gasteiger charge is 1.98. The minimum absolute atomic E-state index is 0.792. The molecule has 0 fully saturated rings. The zero-order chi connectivity index (χ0) is 12.3. The first-order valence-electron chi connectivity index (χ1n) is 5.54. The van der Waals surface area contributed by atoms with Gasteiger partial charge in [0.2, 0.25) is 0 Å². The Morgan fingerprint density at radius 2 is 1.76 bits per heavy atom. The van der Waals surface area contributed by atoms with Crippen molar-refractivity contribution in [3.63, 3.8) is 0 Å². The van der Waals surface area contributed by atoms with E-state index in [1.165, 1.54) is 22.5 Å². The van der Waals surface area contributed by atoms with Crippen LogP contribution in [0.2, 0.25) is 0 Å². The fraction of sp³-hybridized carbons (Fsp3) is 0.133. The summed E-state index contributed by atoms with van der Waals surface area (Å²) in [7, 11) is 4.05. The van der Waals surface area contributed by atoms with Crippen LogP contribution in [-0.4, -0.2) is 20.4 Å². The number of nitrogens with zero attached hydrogens (tertiary/aromatic N) is 1. The predicted molar refractivity (Wildman–Crippen MR) is 73.4 cm³/mol. The zero-order valence-electron chi connectivity index (χ0n) is 10.1. The van der Waals surface area contributed by atoms with Crippen molar-refractivity contribution in [2.24, 2.45) is 0 Å². The maximum absolute atomic E-state index is 10.3. The van der Waals surface area contributed by atoms with Crippen LogP contribution in [0, 0.1) is 0 Å². The zero-order valence-corrected chi connectivity index (χ0v) is 10.1. The number of anilines is 1. The third-order valence-corrected chi connectivity index (χ3v) is 2.73. The van der Waals surface area contributed by atoms with Gasteiger partial charge in [-0.25, -0.2) is 0 Å². The predicted octanol–water partition coefficient (Wildman–Crippen LogP) is 3.12. The molecule has 2 rings (SSSR count). The molecule has 2 heteroatoms. The summed E-state index contributed by atoms with van der Waals surface area (Å²) >= 11 is 0. The second-order valence-electron chi connectivity index (χ2n) is 4.18. The molecule has 86 valence electrons. The lowest BCUT2D eigenvalue weighted by Crippen LogP contribution is -2.07. The van der Waals surface area contributed by atoms with Crippen LogP contribution < -0.4 is 4.90 Å². The number of allylic oxidation sites excluding steroid dienone is 1. The summed E-state index contributed by atoms with van der Waals surface area (Å²) in [4.78, 5) is 12.4. The van der Waals surface area contributed by atoms with Gasteiger partial charge in [-0.05, 0) is 40.6 Å². The number of fused-ring (bicyclic) bond motifs is 1. The first kappa shape index (κ1) is 11.4. The normalized spacial score (nSPS) is 10.9. The second kappa shape index (κ2) is 4.83. The number of aldehydes is 1. The lowest BCUT2D eigenvalue weighted by Gasteiger charge is -2.13. The van der Waals surface area contributed by atoms with E-state index in [1.54, 1.807) is 0 Å². The minimum Gasteiger partial charge on any atom is -0.378 e. The molecule has 0 radical (unpaired) electrons. The van der Waals surface area contributed by atoms with Crippen molar-refractivity contribution in [3.05, 3.63) is 48.0 Å².